The van der Waals surface area contributed by atoms with Gasteiger partial charge in [-0.25, -0.2) is 9.97 Å². The number of para-hydroxylation sites is 3. The summed E-state index contributed by atoms with van der Waals surface area (Å²) in [6, 6.07) is 65.5. The molecule has 0 unspecified atom stereocenters. The van der Waals surface area contributed by atoms with Crippen molar-refractivity contribution in [3.63, 3.8) is 0 Å². The first-order valence-electron chi connectivity index (χ1n) is 18.4. The van der Waals surface area contributed by atoms with E-state index < -0.39 is 0 Å². The molecule has 0 fully saturated rings. The van der Waals surface area contributed by atoms with Gasteiger partial charge in [0.15, 0.2) is 0 Å². The predicted octanol–water partition coefficient (Wildman–Crippen LogP) is 13.0. The van der Waals surface area contributed by atoms with Gasteiger partial charge < -0.3 is 4.57 Å². The largest absolute Gasteiger partial charge is 0.309 e. The van der Waals surface area contributed by atoms with Crippen molar-refractivity contribution < 1.29 is 0 Å². The smallest absolute Gasteiger partial charge is 0.235 e. The van der Waals surface area contributed by atoms with Crippen LogP contribution < -0.4 is 0 Å². The third-order valence-electron chi connectivity index (χ3n) is 11.2. The van der Waals surface area contributed by atoms with Crippen molar-refractivity contribution in [3.05, 3.63) is 182 Å². The summed E-state index contributed by atoms with van der Waals surface area (Å²) in [7, 11) is 0. The summed E-state index contributed by atoms with van der Waals surface area (Å²) in [6.45, 7) is 0. The summed E-state index contributed by atoms with van der Waals surface area (Å²) in [5.74, 6) is 0.662. The van der Waals surface area contributed by atoms with E-state index in [1.54, 1.807) is 0 Å². The molecular weight excluding hydrogens is 657 g/mol. The summed E-state index contributed by atoms with van der Waals surface area (Å²) in [4.78, 5) is 10.8. The van der Waals surface area contributed by atoms with Crippen molar-refractivity contribution in [2.45, 2.75) is 0 Å². The molecule has 0 radical (unpaired) electrons. The second-order valence-corrected chi connectivity index (χ2v) is 14.2. The summed E-state index contributed by atoms with van der Waals surface area (Å²) in [6.07, 6.45) is 0. The molecule has 0 aliphatic heterocycles. The topological polar surface area (TPSA) is 35.6 Å². The third kappa shape index (κ3) is 4.19. The fourth-order valence-corrected chi connectivity index (χ4v) is 8.77. The second kappa shape index (κ2) is 11.1. The molecule has 0 N–H and O–H groups in total. The van der Waals surface area contributed by atoms with Crippen LogP contribution in [0.1, 0.15) is 0 Å². The average Bonchev–Trinajstić information content (AvgIpc) is 3.73. The molecule has 12 aromatic rings. The van der Waals surface area contributed by atoms with E-state index >= 15 is 0 Å². The van der Waals surface area contributed by atoms with E-state index in [4.69, 9.17) is 9.97 Å². The summed E-state index contributed by atoms with van der Waals surface area (Å²) in [5, 5.41) is 13.0. The van der Waals surface area contributed by atoms with Gasteiger partial charge in [0.25, 0.3) is 0 Å². The molecule has 3 heterocycles. The monoisotopic (exact) mass is 686 g/mol. The lowest BCUT2D eigenvalue weighted by Crippen LogP contribution is -2.03. The molecule has 4 nitrogen and oxygen atoms in total. The normalized spacial score (nSPS) is 12.1. The maximum absolute atomic E-state index is 5.52. The summed E-state index contributed by atoms with van der Waals surface area (Å²) >= 11 is 0. The van der Waals surface area contributed by atoms with Gasteiger partial charge in [-0.3, -0.25) is 4.57 Å². The van der Waals surface area contributed by atoms with E-state index in [2.05, 4.69) is 191 Å². The van der Waals surface area contributed by atoms with Crippen LogP contribution in [0.3, 0.4) is 0 Å². The predicted molar refractivity (Wildman–Crippen MR) is 226 cm³/mol. The van der Waals surface area contributed by atoms with E-state index in [0.29, 0.717) is 5.95 Å². The lowest BCUT2D eigenvalue weighted by molar-refractivity contribution is 1.02. The van der Waals surface area contributed by atoms with Crippen molar-refractivity contribution in [1.29, 1.82) is 0 Å². The van der Waals surface area contributed by atoms with Crippen molar-refractivity contribution in [1.82, 2.24) is 19.1 Å². The van der Waals surface area contributed by atoms with E-state index in [9.17, 15) is 0 Å². The highest BCUT2D eigenvalue weighted by Crippen LogP contribution is 2.40. The Kier molecular flexibility index (Phi) is 6.02. The molecule has 0 bridgehead atoms. The number of hydrogen-bond acceptors (Lipinski definition) is 2. The minimum Gasteiger partial charge on any atom is -0.309 e. The molecule has 0 spiro atoms. The Morgan fingerprint density at radius 2 is 0.944 bits per heavy atom. The quantitative estimate of drug-likeness (QED) is 0.185. The van der Waals surface area contributed by atoms with Gasteiger partial charge >= 0.3 is 0 Å². The summed E-state index contributed by atoms with van der Waals surface area (Å²) < 4.78 is 4.67. The standard InChI is InChI=1S/C50H30N4/c1-2-15-37(16-3-1)53-45-21-11-9-18-39(45)42-28-34-22-23-35(26-36(34)30-46(42)53)48-41-19-8-10-20-44(41)51-50(52-48)54-47-29-33-14-5-4-13-32(33)27-43(47)40-25-24-31-12-6-7-17-38(31)49(40)54/h1-30H. The zero-order chi connectivity index (χ0) is 35.3. The van der Waals surface area contributed by atoms with Crippen LogP contribution in [0.25, 0.3) is 110 Å². The van der Waals surface area contributed by atoms with E-state index in [1.165, 1.54) is 64.9 Å². The van der Waals surface area contributed by atoms with Crippen LogP contribution in [0.5, 0.6) is 0 Å². The molecule has 0 aliphatic carbocycles. The molecule has 12 rings (SSSR count). The molecule has 0 saturated heterocycles. The third-order valence-corrected chi connectivity index (χ3v) is 11.2. The van der Waals surface area contributed by atoms with Gasteiger partial charge in [-0.1, -0.05) is 127 Å². The first-order valence-corrected chi connectivity index (χ1v) is 18.4. The number of rotatable bonds is 3. The maximum Gasteiger partial charge on any atom is 0.235 e. The number of benzene rings is 9. The molecule has 3 aromatic heterocycles. The Hall–Kier alpha value is -7.30. The van der Waals surface area contributed by atoms with Crippen LogP contribution in [-0.4, -0.2) is 19.1 Å². The highest BCUT2D eigenvalue weighted by Gasteiger charge is 2.20. The fraction of sp³-hybridized carbons (Fsp3) is 0. The molecule has 9 aromatic carbocycles. The summed E-state index contributed by atoms with van der Waals surface area (Å²) in [5.41, 5.74) is 8.63. The van der Waals surface area contributed by atoms with Crippen molar-refractivity contribution in [2.24, 2.45) is 0 Å². The molecule has 0 atom stereocenters. The Bertz CT molecular complexity index is 3500. The first-order chi connectivity index (χ1) is 26.8. The zero-order valence-electron chi connectivity index (χ0n) is 29.1. The van der Waals surface area contributed by atoms with Crippen LogP contribution >= 0.6 is 0 Å². The Balaban J connectivity index is 1.15. The Labute approximate surface area is 309 Å². The van der Waals surface area contributed by atoms with E-state index in [0.717, 1.165) is 38.9 Å². The lowest BCUT2D eigenvalue weighted by atomic mass is 10.0. The van der Waals surface area contributed by atoms with Gasteiger partial charge in [-0.15, -0.1) is 0 Å². The van der Waals surface area contributed by atoms with Gasteiger partial charge in [-0.2, -0.15) is 0 Å². The van der Waals surface area contributed by atoms with E-state index in [-0.39, 0.29) is 0 Å². The van der Waals surface area contributed by atoms with Crippen molar-refractivity contribution in [2.75, 3.05) is 0 Å². The van der Waals surface area contributed by atoms with Crippen LogP contribution in [-0.2, 0) is 0 Å². The van der Waals surface area contributed by atoms with Crippen LogP contribution in [0.2, 0.25) is 0 Å². The number of hydrogen-bond donors (Lipinski definition) is 0. The molecule has 0 aliphatic rings. The Morgan fingerprint density at radius 1 is 0.333 bits per heavy atom. The minimum absolute atomic E-state index is 0.662. The molecule has 4 heteroatoms. The number of fused-ring (bicyclic) bond motifs is 11. The Morgan fingerprint density at radius 3 is 1.80 bits per heavy atom. The highest BCUT2D eigenvalue weighted by atomic mass is 15.2. The van der Waals surface area contributed by atoms with Crippen LogP contribution in [0.15, 0.2) is 182 Å². The number of nitrogens with zero attached hydrogens (tertiary/aromatic N) is 4. The minimum atomic E-state index is 0.662. The van der Waals surface area contributed by atoms with Gasteiger partial charge in [-0.05, 0) is 81.5 Å². The lowest BCUT2D eigenvalue weighted by Gasteiger charge is -2.13. The second-order valence-electron chi connectivity index (χ2n) is 14.2. The molecule has 0 amide bonds. The first kappa shape index (κ1) is 29.3. The molecule has 0 saturated carbocycles. The van der Waals surface area contributed by atoms with Crippen LogP contribution in [0.4, 0.5) is 0 Å². The molecule has 54 heavy (non-hydrogen) atoms. The molecule has 250 valence electrons. The zero-order valence-corrected chi connectivity index (χ0v) is 29.1. The van der Waals surface area contributed by atoms with Crippen molar-refractivity contribution >= 4 is 86.8 Å². The average molecular weight is 687 g/mol. The highest BCUT2D eigenvalue weighted by molar-refractivity contribution is 6.21. The fourth-order valence-electron chi connectivity index (χ4n) is 8.77. The maximum atomic E-state index is 5.52. The van der Waals surface area contributed by atoms with Gasteiger partial charge in [0.1, 0.15) is 0 Å². The number of aromatic nitrogens is 4. The van der Waals surface area contributed by atoms with Gasteiger partial charge in [0.05, 0.1) is 33.3 Å². The molecular formula is C50H30N4. The van der Waals surface area contributed by atoms with E-state index in [1.807, 2.05) is 0 Å². The SMILES string of the molecule is c1ccc(-n2c3ccccc3c3cc4ccc(-c5nc(-n6c7cc8ccccc8cc7c7ccc8ccccc8c76)nc6ccccc56)cc4cc32)cc1. The van der Waals surface area contributed by atoms with Gasteiger partial charge in [0.2, 0.25) is 5.95 Å². The van der Waals surface area contributed by atoms with Crippen LogP contribution in [0, 0.1) is 0 Å². The van der Waals surface area contributed by atoms with Crippen molar-refractivity contribution in [3.8, 4) is 22.9 Å². The van der Waals surface area contributed by atoms with Gasteiger partial charge in [0, 0.05) is 43.6 Å².